The van der Waals surface area contributed by atoms with Gasteiger partial charge in [0.25, 0.3) is 5.91 Å². The van der Waals surface area contributed by atoms with E-state index in [1.807, 2.05) is 18.2 Å². The van der Waals surface area contributed by atoms with Crippen LogP contribution in [0.15, 0.2) is 24.3 Å². The molecule has 1 aliphatic carbocycles. The van der Waals surface area contributed by atoms with Crippen LogP contribution in [0.1, 0.15) is 52.9 Å². The second-order valence-electron chi connectivity index (χ2n) is 7.28. The molecule has 2 aromatic rings. The minimum absolute atomic E-state index is 0.0213. The van der Waals surface area contributed by atoms with Crippen LogP contribution < -0.4 is 16.4 Å². The summed E-state index contributed by atoms with van der Waals surface area (Å²) in [5.74, 6) is -0.624. The molecule has 2 heterocycles. The smallest absolute Gasteiger partial charge is 0.254 e. The minimum atomic E-state index is -0.477. The number of aromatic nitrogens is 1. The van der Waals surface area contributed by atoms with Crippen molar-refractivity contribution in [3.8, 4) is 0 Å². The number of nitrogens with two attached hydrogens (primary N) is 1. The van der Waals surface area contributed by atoms with Crippen molar-refractivity contribution in [3.05, 3.63) is 57.5 Å². The molecule has 2 atom stereocenters. The van der Waals surface area contributed by atoms with E-state index >= 15 is 4.39 Å². The molecule has 2 aliphatic rings. The Morgan fingerprint density at radius 2 is 1.96 bits per heavy atom. The maximum atomic E-state index is 15.0. The molecule has 0 unspecified atom stereocenters. The minimum Gasteiger partial charge on any atom is -0.363 e. The summed E-state index contributed by atoms with van der Waals surface area (Å²) in [6, 6.07) is 7.25. The van der Waals surface area contributed by atoms with Crippen LogP contribution >= 0.6 is 11.6 Å². The molecule has 1 aromatic heterocycles. The Kier molecular flexibility index (Phi) is 5.33. The molecule has 4 rings (SSSR count). The van der Waals surface area contributed by atoms with Crippen molar-refractivity contribution in [2.45, 2.75) is 44.3 Å². The molecule has 0 saturated heterocycles. The van der Waals surface area contributed by atoms with Crippen LogP contribution in [0.5, 0.6) is 0 Å². The van der Waals surface area contributed by atoms with Gasteiger partial charge in [0.1, 0.15) is 0 Å². The van der Waals surface area contributed by atoms with E-state index in [0.717, 1.165) is 31.2 Å². The Bertz CT molecular complexity index is 929. The second-order valence-corrected chi connectivity index (χ2v) is 7.72. The number of carbonyl (C=O) groups is 1. The number of pyridine rings is 1. The maximum absolute atomic E-state index is 15.0. The predicted octanol–water partition coefficient (Wildman–Crippen LogP) is 3.97. The number of benzene rings is 1. The first-order chi connectivity index (χ1) is 13.5. The van der Waals surface area contributed by atoms with E-state index in [4.69, 9.17) is 17.3 Å². The predicted molar refractivity (Wildman–Crippen MR) is 110 cm³/mol. The summed E-state index contributed by atoms with van der Waals surface area (Å²) in [5.41, 5.74) is 8.18. The maximum Gasteiger partial charge on any atom is 0.254 e. The number of amides is 1. The molecule has 1 aliphatic heterocycles. The third kappa shape index (κ3) is 3.75. The van der Waals surface area contributed by atoms with Crippen LogP contribution in [0.25, 0.3) is 12.2 Å². The Morgan fingerprint density at radius 3 is 2.71 bits per heavy atom. The van der Waals surface area contributed by atoms with Gasteiger partial charge in [-0.3, -0.25) is 4.79 Å². The standard InChI is InChI=1S/C21H22ClFN4O/c22-13-8-5-12(6-9-13)7-10-17-18-14(11-25-21(18)28)19(23)20(27-17)26-16-4-2-1-3-15(16)24/h5-10,15-16H,1-4,11,24H2,(H,25,28)(H,26,27)/b10-7+/t15-,16+/m0/s1. The molecule has 1 fully saturated rings. The van der Waals surface area contributed by atoms with Crippen molar-refractivity contribution in [2.75, 3.05) is 5.32 Å². The first kappa shape index (κ1) is 18.9. The monoisotopic (exact) mass is 400 g/mol. The zero-order chi connectivity index (χ0) is 19.7. The lowest BCUT2D eigenvalue weighted by Gasteiger charge is -2.30. The summed E-state index contributed by atoms with van der Waals surface area (Å²) >= 11 is 5.92. The van der Waals surface area contributed by atoms with Gasteiger partial charge >= 0.3 is 0 Å². The summed E-state index contributed by atoms with van der Waals surface area (Å²) < 4.78 is 15.0. The average Bonchev–Trinajstić information content (AvgIpc) is 3.08. The Balaban J connectivity index is 1.69. The second kappa shape index (κ2) is 7.89. The zero-order valence-electron chi connectivity index (χ0n) is 15.3. The first-order valence-electron chi connectivity index (χ1n) is 9.49. The van der Waals surface area contributed by atoms with Gasteiger partial charge in [-0.15, -0.1) is 0 Å². The van der Waals surface area contributed by atoms with E-state index in [-0.39, 0.29) is 30.4 Å². The molecular formula is C21H22ClFN4O. The van der Waals surface area contributed by atoms with Gasteiger partial charge in [0.2, 0.25) is 0 Å². The van der Waals surface area contributed by atoms with Crippen molar-refractivity contribution in [1.82, 2.24) is 10.3 Å². The number of nitrogens with one attached hydrogen (secondary N) is 2. The molecule has 0 radical (unpaired) electrons. The molecule has 5 nitrogen and oxygen atoms in total. The van der Waals surface area contributed by atoms with Crippen molar-refractivity contribution >= 4 is 35.5 Å². The van der Waals surface area contributed by atoms with E-state index < -0.39 is 5.82 Å². The van der Waals surface area contributed by atoms with Gasteiger partial charge in [0, 0.05) is 29.2 Å². The lowest BCUT2D eigenvalue weighted by atomic mass is 9.91. The Morgan fingerprint density at radius 1 is 1.21 bits per heavy atom. The fourth-order valence-electron chi connectivity index (χ4n) is 3.79. The van der Waals surface area contributed by atoms with Crippen LogP contribution in [0, 0.1) is 5.82 Å². The number of fused-ring (bicyclic) bond motifs is 1. The van der Waals surface area contributed by atoms with Gasteiger partial charge in [-0.2, -0.15) is 0 Å². The molecule has 146 valence electrons. The number of carbonyl (C=O) groups excluding carboxylic acids is 1. The lowest BCUT2D eigenvalue weighted by Crippen LogP contribution is -2.43. The first-order valence-corrected chi connectivity index (χ1v) is 9.87. The van der Waals surface area contributed by atoms with Crippen molar-refractivity contribution in [1.29, 1.82) is 0 Å². The number of rotatable bonds is 4. The molecular weight excluding hydrogens is 379 g/mol. The van der Waals surface area contributed by atoms with Crippen molar-refractivity contribution in [3.63, 3.8) is 0 Å². The number of anilines is 1. The van der Waals surface area contributed by atoms with Crippen molar-refractivity contribution in [2.24, 2.45) is 5.73 Å². The highest BCUT2D eigenvalue weighted by atomic mass is 35.5. The Hall–Kier alpha value is -2.44. The van der Waals surface area contributed by atoms with Gasteiger partial charge in [-0.05, 0) is 36.6 Å². The summed E-state index contributed by atoms with van der Waals surface area (Å²) in [5, 5.41) is 6.52. The molecule has 28 heavy (non-hydrogen) atoms. The number of hydrogen-bond donors (Lipinski definition) is 3. The fraction of sp³-hybridized carbons (Fsp3) is 0.333. The van der Waals surface area contributed by atoms with Crippen LogP contribution in [0.2, 0.25) is 5.02 Å². The highest BCUT2D eigenvalue weighted by Gasteiger charge is 2.30. The quantitative estimate of drug-likeness (QED) is 0.725. The molecule has 0 bridgehead atoms. The average molecular weight is 401 g/mol. The topological polar surface area (TPSA) is 80.0 Å². The summed E-state index contributed by atoms with van der Waals surface area (Å²) in [6.07, 6.45) is 7.51. The number of nitrogens with zero attached hydrogens (tertiary/aromatic N) is 1. The molecule has 1 amide bonds. The summed E-state index contributed by atoms with van der Waals surface area (Å²) in [4.78, 5) is 16.7. The third-order valence-electron chi connectivity index (χ3n) is 5.36. The van der Waals surface area contributed by atoms with Gasteiger partial charge in [0.15, 0.2) is 11.6 Å². The SMILES string of the molecule is N[C@H]1CCCC[C@H]1Nc1nc(/C=C/c2ccc(Cl)cc2)c2c(c1F)CNC2=O. The molecule has 1 aromatic carbocycles. The molecule has 0 spiro atoms. The van der Waals surface area contributed by atoms with Gasteiger partial charge < -0.3 is 16.4 Å². The fourth-order valence-corrected chi connectivity index (χ4v) is 3.91. The van der Waals surface area contributed by atoms with E-state index in [9.17, 15) is 4.79 Å². The summed E-state index contributed by atoms with van der Waals surface area (Å²) in [6.45, 7) is 0.162. The molecule has 4 N–H and O–H groups in total. The largest absolute Gasteiger partial charge is 0.363 e. The number of halogens is 2. The van der Waals surface area contributed by atoms with Crippen LogP contribution in [-0.2, 0) is 6.54 Å². The van der Waals surface area contributed by atoms with Gasteiger partial charge in [-0.1, -0.05) is 42.7 Å². The van der Waals surface area contributed by atoms with Gasteiger partial charge in [-0.25, -0.2) is 9.37 Å². The van der Waals surface area contributed by atoms with Crippen LogP contribution in [-0.4, -0.2) is 23.0 Å². The molecule has 7 heteroatoms. The van der Waals surface area contributed by atoms with Crippen LogP contribution in [0.4, 0.5) is 10.2 Å². The zero-order valence-corrected chi connectivity index (χ0v) is 16.1. The van der Waals surface area contributed by atoms with Crippen LogP contribution in [0.3, 0.4) is 0 Å². The normalized spacial score (nSPS) is 21.6. The summed E-state index contributed by atoms with van der Waals surface area (Å²) in [7, 11) is 0. The molecule has 1 saturated carbocycles. The Labute approximate surface area is 168 Å². The highest BCUT2D eigenvalue weighted by molar-refractivity contribution is 6.30. The lowest BCUT2D eigenvalue weighted by molar-refractivity contribution is 0.0965. The van der Waals surface area contributed by atoms with Crippen molar-refractivity contribution < 1.29 is 9.18 Å². The van der Waals surface area contributed by atoms with E-state index in [1.165, 1.54) is 0 Å². The third-order valence-corrected chi connectivity index (χ3v) is 5.61. The number of hydrogen-bond acceptors (Lipinski definition) is 4. The van der Waals surface area contributed by atoms with E-state index in [2.05, 4.69) is 15.6 Å². The van der Waals surface area contributed by atoms with E-state index in [0.29, 0.717) is 21.8 Å². The van der Waals surface area contributed by atoms with E-state index in [1.54, 1.807) is 18.2 Å². The highest BCUT2D eigenvalue weighted by Crippen LogP contribution is 2.30. The van der Waals surface area contributed by atoms with Gasteiger partial charge in [0.05, 0.1) is 11.3 Å².